The van der Waals surface area contributed by atoms with Gasteiger partial charge in [0.2, 0.25) is 0 Å². The zero-order valence-electron chi connectivity index (χ0n) is 12.7. The van der Waals surface area contributed by atoms with Gasteiger partial charge in [0.1, 0.15) is 0 Å². The van der Waals surface area contributed by atoms with Gasteiger partial charge in [0, 0.05) is 6.21 Å². The molecular formula is C19H18N2O2. The van der Waals surface area contributed by atoms with Crippen LogP contribution < -0.4 is 0 Å². The third-order valence-electron chi connectivity index (χ3n) is 5.09. The number of rotatable bonds is 3. The summed E-state index contributed by atoms with van der Waals surface area (Å²) in [7, 11) is 0. The Kier molecular flexibility index (Phi) is 3.45. The lowest BCUT2D eigenvalue weighted by molar-refractivity contribution is -0.140. The molecule has 5 rings (SSSR count). The minimum absolute atomic E-state index is 0.136. The molecule has 0 N–H and O–H groups in total. The average molecular weight is 306 g/mol. The molecule has 23 heavy (non-hydrogen) atoms. The molecular weight excluding hydrogens is 288 g/mol. The molecule has 3 aliphatic carbocycles. The van der Waals surface area contributed by atoms with Gasteiger partial charge in [-0.2, -0.15) is 10.1 Å². The monoisotopic (exact) mass is 306 g/mol. The van der Waals surface area contributed by atoms with Crippen LogP contribution in [0.4, 0.5) is 0 Å². The molecule has 2 bridgehead atoms. The van der Waals surface area contributed by atoms with E-state index in [2.05, 4.69) is 17.3 Å². The smallest absolute Gasteiger partial charge is 0.254 e. The van der Waals surface area contributed by atoms with Gasteiger partial charge in [0.25, 0.3) is 11.8 Å². The summed E-state index contributed by atoms with van der Waals surface area (Å²) in [5, 5.41) is 5.20. The summed E-state index contributed by atoms with van der Waals surface area (Å²) in [4.78, 5) is 25.1. The molecule has 0 aromatic heterocycles. The van der Waals surface area contributed by atoms with Crippen LogP contribution in [0.5, 0.6) is 0 Å². The maximum Gasteiger partial charge on any atom is 0.254 e. The highest BCUT2D eigenvalue weighted by Crippen LogP contribution is 2.49. The number of hydrazone groups is 1. The summed E-state index contributed by atoms with van der Waals surface area (Å²) in [6, 6.07) is 9.83. The molecule has 2 amide bonds. The lowest BCUT2D eigenvalue weighted by Gasteiger charge is -2.37. The molecule has 4 aliphatic rings. The van der Waals surface area contributed by atoms with Crippen molar-refractivity contribution in [3.63, 3.8) is 0 Å². The van der Waals surface area contributed by atoms with Gasteiger partial charge in [0.15, 0.2) is 0 Å². The molecule has 1 aromatic rings. The predicted molar refractivity (Wildman–Crippen MR) is 88.2 cm³/mol. The zero-order valence-corrected chi connectivity index (χ0v) is 12.7. The van der Waals surface area contributed by atoms with Crippen LogP contribution in [-0.2, 0) is 9.59 Å². The first-order valence-electron chi connectivity index (χ1n) is 8.07. The molecule has 2 fully saturated rings. The Morgan fingerprint density at radius 1 is 0.957 bits per heavy atom. The van der Waals surface area contributed by atoms with E-state index in [0.29, 0.717) is 0 Å². The number of allylic oxidation sites excluding steroid dienone is 3. The lowest BCUT2D eigenvalue weighted by Crippen LogP contribution is -2.38. The number of hydrogen-bond acceptors (Lipinski definition) is 3. The fourth-order valence-electron chi connectivity index (χ4n) is 4.00. The van der Waals surface area contributed by atoms with Crippen molar-refractivity contribution in [1.82, 2.24) is 5.01 Å². The van der Waals surface area contributed by atoms with Crippen LogP contribution in [0.3, 0.4) is 0 Å². The third-order valence-corrected chi connectivity index (χ3v) is 5.09. The van der Waals surface area contributed by atoms with Crippen LogP contribution in [0.1, 0.15) is 18.4 Å². The fraction of sp³-hybridized carbons (Fsp3) is 0.316. The van der Waals surface area contributed by atoms with Crippen molar-refractivity contribution in [3.05, 3.63) is 54.1 Å². The van der Waals surface area contributed by atoms with E-state index in [0.717, 1.165) is 23.4 Å². The maximum atomic E-state index is 12.5. The van der Waals surface area contributed by atoms with Crippen molar-refractivity contribution in [2.75, 3.05) is 0 Å². The Balaban J connectivity index is 1.50. The molecule has 1 aromatic carbocycles. The van der Waals surface area contributed by atoms with Crippen LogP contribution in [-0.4, -0.2) is 23.0 Å². The van der Waals surface area contributed by atoms with Gasteiger partial charge in [-0.25, -0.2) is 0 Å². The second-order valence-electron chi connectivity index (χ2n) is 6.36. The van der Waals surface area contributed by atoms with Gasteiger partial charge in [-0.15, -0.1) is 0 Å². The fourth-order valence-corrected chi connectivity index (χ4v) is 4.00. The van der Waals surface area contributed by atoms with E-state index in [4.69, 9.17) is 0 Å². The first-order chi connectivity index (χ1) is 11.3. The van der Waals surface area contributed by atoms with Crippen molar-refractivity contribution in [2.24, 2.45) is 28.8 Å². The molecule has 1 heterocycles. The van der Waals surface area contributed by atoms with Gasteiger partial charge >= 0.3 is 0 Å². The van der Waals surface area contributed by atoms with Gasteiger partial charge in [0.05, 0.1) is 11.8 Å². The van der Waals surface area contributed by atoms with E-state index in [1.54, 1.807) is 6.08 Å². The number of benzene rings is 1. The normalized spacial score (nSPS) is 32.4. The number of amides is 2. The Hall–Kier alpha value is -2.49. The largest absolute Gasteiger partial charge is 0.272 e. The summed E-state index contributed by atoms with van der Waals surface area (Å²) in [5.41, 5.74) is 1.05. The minimum Gasteiger partial charge on any atom is -0.272 e. The Bertz CT molecular complexity index is 688. The first-order valence-corrected chi connectivity index (χ1v) is 8.07. The topological polar surface area (TPSA) is 49.7 Å². The predicted octanol–water partition coefficient (Wildman–Crippen LogP) is 2.88. The number of imide groups is 1. The molecule has 4 heteroatoms. The molecule has 116 valence electrons. The summed E-state index contributed by atoms with van der Waals surface area (Å²) < 4.78 is 0. The van der Waals surface area contributed by atoms with E-state index >= 15 is 0 Å². The summed E-state index contributed by atoms with van der Waals surface area (Å²) >= 11 is 0. The van der Waals surface area contributed by atoms with Crippen LogP contribution in [0.15, 0.2) is 53.7 Å². The van der Waals surface area contributed by atoms with E-state index in [1.165, 1.54) is 6.21 Å². The molecule has 0 radical (unpaired) electrons. The van der Waals surface area contributed by atoms with Crippen LogP contribution in [0.2, 0.25) is 0 Å². The van der Waals surface area contributed by atoms with Crippen molar-refractivity contribution < 1.29 is 9.59 Å². The molecule has 1 saturated carbocycles. The molecule has 0 spiro atoms. The van der Waals surface area contributed by atoms with Crippen LogP contribution >= 0.6 is 0 Å². The van der Waals surface area contributed by atoms with E-state index < -0.39 is 0 Å². The van der Waals surface area contributed by atoms with E-state index in [1.807, 2.05) is 36.4 Å². The second kappa shape index (κ2) is 5.61. The zero-order chi connectivity index (χ0) is 15.8. The highest BCUT2D eigenvalue weighted by atomic mass is 16.2. The molecule has 4 atom stereocenters. The van der Waals surface area contributed by atoms with Gasteiger partial charge in [-0.3, -0.25) is 9.59 Å². The summed E-state index contributed by atoms with van der Waals surface area (Å²) in [6.07, 6.45) is 11.4. The van der Waals surface area contributed by atoms with Crippen molar-refractivity contribution >= 4 is 24.1 Å². The first kappa shape index (κ1) is 14.1. The quantitative estimate of drug-likeness (QED) is 0.490. The minimum atomic E-state index is -0.193. The second-order valence-corrected chi connectivity index (χ2v) is 6.36. The molecule has 1 saturated heterocycles. The van der Waals surface area contributed by atoms with Crippen molar-refractivity contribution in [2.45, 2.75) is 12.8 Å². The molecule has 4 nitrogen and oxygen atoms in total. The van der Waals surface area contributed by atoms with Gasteiger partial charge < -0.3 is 0 Å². The SMILES string of the molecule is O=C1[C@@H]2[C@@H](C(=O)N1/N=C\C=C\c1ccccc1)[C@@H]1C=C[C@@H]2CC1. The van der Waals surface area contributed by atoms with Gasteiger partial charge in [-0.05, 0) is 36.3 Å². The number of fused-ring (bicyclic) bond motifs is 1. The van der Waals surface area contributed by atoms with Crippen molar-refractivity contribution in [3.8, 4) is 0 Å². The van der Waals surface area contributed by atoms with Gasteiger partial charge in [-0.1, -0.05) is 48.6 Å². The number of carbonyl (C=O) groups excluding carboxylic acids is 2. The molecule has 1 aliphatic heterocycles. The number of hydrogen-bond donors (Lipinski definition) is 0. The van der Waals surface area contributed by atoms with E-state index in [-0.39, 0.29) is 35.5 Å². The van der Waals surface area contributed by atoms with Crippen LogP contribution in [0, 0.1) is 23.7 Å². The highest BCUT2D eigenvalue weighted by Gasteiger charge is 2.56. The number of carbonyl (C=O) groups is 2. The summed E-state index contributed by atoms with van der Waals surface area (Å²) in [6.45, 7) is 0. The maximum absolute atomic E-state index is 12.5. The standard InChI is InChI=1S/C19H18N2O2/c22-18-16-14-8-9-15(11-10-14)17(16)19(23)21(18)20-12-4-7-13-5-2-1-3-6-13/h1-9,12,14-17H,10-11H2/b7-4+,20-12-/t14-,15-,16+,17+/m1/s1. The number of nitrogens with zero attached hydrogens (tertiary/aromatic N) is 2. The van der Waals surface area contributed by atoms with E-state index in [9.17, 15) is 9.59 Å². The average Bonchev–Trinajstić information content (AvgIpc) is 2.87. The van der Waals surface area contributed by atoms with Crippen LogP contribution in [0.25, 0.3) is 6.08 Å². The Morgan fingerprint density at radius 3 is 2.13 bits per heavy atom. The van der Waals surface area contributed by atoms with Crippen molar-refractivity contribution in [1.29, 1.82) is 0 Å². The molecule has 0 unspecified atom stereocenters. The Morgan fingerprint density at radius 2 is 1.57 bits per heavy atom. The lowest BCUT2D eigenvalue weighted by atomic mass is 9.63. The summed E-state index contributed by atoms with van der Waals surface area (Å²) in [5.74, 6) is -0.238. The Labute approximate surface area is 135 Å². The third kappa shape index (κ3) is 2.34. The highest BCUT2D eigenvalue weighted by molar-refractivity contribution is 6.06.